The second kappa shape index (κ2) is 5.88. The van der Waals surface area contributed by atoms with Gasteiger partial charge >= 0.3 is 0 Å². The van der Waals surface area contributed by atoms with Gasteiger partial charge in [0.05, 0.1) is 10.6 Å². The molecule has 5 nitrogen and oxygen atoms in total. The zero-order chi connectivity index (χ0) is 14.1. The fraction of sp³-hybridized carbons (Fsp3) is 0.533. The predicted molar refractivity (Wildman–Crippen MR) is 83.3 cm³/mol. The molecule has 0 aromatic carbocycles. The molecule has 4 rings (SSSR count). The first kappa shape index (κ1) is 13.5. The minimum absolute atomic E-state index is 0.768. The van der Waals surface area contributed by atoms with E-state index < -0.39 is 0 Å². The van der Waals surface area contributed by atoms with Crippen molar-refractivity contribution in [3.8, 4) is 10.6 Å². The van der Waals surface area contributed by atoms with E-state index in [9.17, 15) is 0 Å². The van der Waals surface area contributed by atoms with Crippen LogP contribution < -0.4 is 5.32 Å². The number of aromatic nitrogens is 1. The van der Waals surface area contributed by atoms with E-state index in [4.69, 9.17) is 4.52 Å². The Bertz CT molecular complexity index is 570. The van der Waals surface area contributed by atoms with Crippen molar-refractivity contribution < 1.29 is 4.52 Å². The van der Waals surface area contributed by atoms with Crippen molar-refractivity contribution in [3.63, 3.8) is 0 Å². The van der Waals surface area contributed by atoms with Gasteiger partial charge in [-0.05, 0) is 11.4 Å². The summed E-state index contributed by atoms with van der Waals surface area (Å²) in [5, 5.41) is 9.62. The molecule has 2 aromatic rings. The molecule has 0 spiro atoms. The van der Waals surface area contributed by atoms with E-state index in [2.05, 4.69) is 37.8 Å². The maximum Gasteiger partial charge on any atom is 0.177 e. The topological polar surface area (TPSA) is 44.5 Å². The van der Waals surface area contributed by atoms with Crippen LogP contribution in [0.4, 0.5) is 0 Å². The number of hydrogen-bond donors (Lipinski definition) is 1. The van der Waals surface area contributed by atoms with Crippen LogP contribution in [0, 0.1) is 0 Å². The Morgan fingerprint density at radius 2 is 2.14 bits per heavy atom. The van der Waals surface area contributed by atoms with Crippen LogP contribution in [-0.2, 0) is 6.54 Å². The predicted octanol–water partition coefficient (Wildman–Crippen LogP) is 1.49. The third-order valence-corrected chi connectivity index (χ3v) is 5.28. The van der Waals surface area contributed by atoms with Gasteiger partial charge in [0, 0.05) is 57.9 Å². The second-order valence-electron chi connectivity index (χ2n) is 5.78. The van der Waals surface area contributed by atoms with Gasteiger partial charge in [0.1, 0.15) is 0 Å². The third kappa shape index (κ3) is 2.89. The lowest BCUT2D eigenvalue weighted by Gasteiger charge is -2.43. The lowest BCUT2D eigenvalue weighted by Crippen LogP contribution is -2.61. The number of rotatable bonds is 4. The molecule has 1 N–H and O–H groups in total. The molecule has 2 aliphatic heterocycles. The number of piperazine rings is 1. The first-order valence-corrected chi connectivity index (χ1v) is 8.43. The summed E-state index contributed by atoms with van der Waals surface area (Å²) in [6.07, 6.45) is 0. The van der Waals surface area contributed by atoms with Gasteiger partial charge in [-0.3, -0.25) is 9.80 Å². The summed E-state index contributed by atoms with van der Waals surface area (Å²) in [6.45, 7) is 7.80. The molecule has 21 heavy (non-hydrogen) atoms. The average molecular weight is 304 g/mol. The van der Waals surface area contributed by atoms with Crippen LogP contribution in [-0.4, -0.2) is 60.3 Å². The summed E-state index contributed by atoms with van der Waals surface area (Å²) in [5.41, 5.74) is 1.04. The summed E-state index contributed by atoms with van der Waals surface area (Å²) >= 11 is 1.69. The Morgan fingerprint density at radius 1 is 1.29 bits per heavy atom. The smallest absolute Gasteiger partial charge is 0.177 e. The van der Waals surface area contributed by atoms with Gasteiger partial charge in [-0.15, -0.1) is 11.3 Å². The Kier molecular flexibility index (Phi) is 3.77. The Hall–Kier alpha value is -1.21. The molecule has 0 radical (unpaired) electrons. The minimum Gasteiger partial charge on any atom is -0.355 e. The molecular formula is C15H20N4OS. The van der Waals surface area contributed by atoms with Crippen LogP contribution in [0.25, 0.3) is 10.6 Å². The Balaban J connectivity index is 1.32. The van der Waals surface area contributed by atoms with Crippen molar-refractivity contribution in [1.82, 2.24) is 20.3 Å². The fourth-order valence-corrected chi connectivity index (χ4v) is 3.64. The molecule has 0 saturated carbocycles. The van der Waals surface area contributed by atoms with Gasteiger partial charge in [0.2, 0.25) is 0 Å². The van der Waals surface area contributed by atoms with Gasteiger partial charge in [-0.1, -0.05) is 11.2 Å². The lowest BCUT2D eigenvalue weighted by molar-refractivity contribution is 0.0686. The zero-order valence-corrected chi connectivity index (χ0v) is 12.8. The van der Waals surface area contributed by atoms with Crippen molar-refractivity contribution >= 4 is 11.3 Å². The van der Waals surface area contributed by atoms with Gasteiger partial charge < -0.3 is 9.84 Å². The molecule has 2 aromatic heterocycles. The highest BCUT2D eigenvalue weighted by Gasteiger charge is 2.27. The van der Waals surface area contributed by atoms with Gasteiger partial charge in [-0.2, -0.15) is 0 Å². The zero-order valence-electron chi connectivity index (χ0n) is 12.0. The maximum absolute atomic E-state index is 5.45. The average Bonchev–Trinajstić information content (AvgIpc) is 3.09. The van der Waals surface area contributed by atoms with Gasteiger partial charge in [-0.25, -0.2) is 0 Å². The molecule has 0 atom stereocenters. The molecule has 2 aliphatic rings. The molecule has 2 fully saturated rings. The molecule has 112 valence electrons. The Morgan fingerprint density at radius 3 is 2.81 bits per heavy atom. The van der Waals surface area contributed by atoms with E-state index in [0.29, 0.717) is 0 Å². The van der Waals surface area contributed by atoms with E-state index in [1.54, 1.807) is 11.3 Å². The largest absolute Gasteiger partial charge is 0.355 e. The van der Waals surface area contributed by atoms with Crippen LogP contribution in [0.2, 0.25) is 0 Å². The molecule has 0 unspecified atom stereocenters. The third-order valence-electron chi connectivity index (χ3n) is 4.39. The highest BCUT2D eigenvalue weighted by Crippen LogP contribution is 2.25. The molecule has 6 heteroatoms. The van der Waals surface area contributed by atoms with E-state index >= 15 is 0 Å². The van der Waals surface area contributed by atoms with Crippen LogP contribution >= 0.6 is 11.3 Å². The molecular weight excluding hydrogens is 284 g/mol. The van der Waals surface area contributed by atoms with Crippen LogP contribution in [0.15, 0.2) is 28.1 Å². The first-order chi connectivity index (χ1) is 10.4. The van der Waals surface area contributed by atoms with E-state index in [0.717, 1.165) is 55.1 Å². The van der Waals surface area contributed by atoms with Crippen LogP contribution in [0.5, 0.6) is 0 Å². The summed E-state index contributed by atoms with van der Waals surface area (Å²) in [4.78, 5) is 6.22. The van der Waals surface area contributed by atoms with Gasteiger partial charge in [0.15, 0.2) is 5.76 Å². The SMILES string of the molecule is c1csc(-c2cc(CN3CCN(C4CNC4)CC3)no2)c1. The van der Waals surface area contributed by atoms with E-state index in [1.807, 2.05) is 6.07 Å². The van der Waals surface area contributed by atoms with Crippen LogP contribution in [0.3, 0.4) is 0 Å². The number of thiophene rings is 1. The van der Waals surface area contributed by atoms with E-state index in [1.165, 1.54) is 13.1 Å². The lowest BCUT2D eigenvalue weighted by atomic mass is 10.1. The van der Waals surface area contributed by atoms with E-state index in [-0.39, 0.29) is 0 Å². The summed E-state index contributed by atoms with van der Waals surface area (Å²) in [6, 6.07) is 6.95. The normalized spacial score (nSPS) is 21.5. The first-order valence-electron chi connectivity index (χ1n) is 7.55. The molecule has 0 amide bonds. The molecule has 4 heterocycles. The minimum atomic E-state index is 0.768. The Labute approximate surface area is 128 Å². The van der Waals surface area contributed by atoms with Crippen molar-refractivity contribution in [3.05, 3.63) is 29.3 Å². The number of nitrogens with one attached hydrogen (secondary N) is 1. The molecule has 2 saturated heterocycles. The highest BCUT2D eigenvalue weighted by molar-refractivity contribution is 7.13. The fourth-order valence-electron chi connectivity index (χ4n) is 2.97. The number of nitrogens with zero attached hydrogens (tertiary/aromatic N) is 3. The van der Waals surface area contributed by atoms with Crippen molar-refractivity contribution in [2.75, 3.05) is 39.3 Å². The summed E-state index contributed by atoms with van der Waals surface area (Å²) in [7, 11) is 0. The van der Waals surface area contributed by atoms with Crippen molar-refractivity contribution in [2.24, 2.45) is 0 Å². The number of hydrogen-bond acceptors (Lipinski definition) is 6. The standard InChI is InChI=1S/C15H20N4OS/c1-2-15(21-7-1)14-8-12(17-20-14)11-18-3-5-19(6-4-18)13-9-16-10-13/h1-2,7-8,13,16H,3-6,9-11H2. The second-order valence-corrected chi connectivity index (χ2v) is 6.73. The quantitative estimate of drug-likeness (QED) is 0.927. The van der Waals surface area contributed by atoms with Crippen molar-refractivity contribution in [1.29, 1.82) is 0 Å². The molecule has 0 bridgehead atoms. The monoisotopic (exact) mass is 304 g/mol. The summed E-state index contributed by atoms with van der Waals surface area (Å²) < 4.78 is 5.45. The summed E-state index contributed by atoms with van der Waals surface area (Å²) in [5.74, 6) is 0.888. The van der Waals surface area contributed by atoms with Crippen LogP contribution in [0.1, 0.15) is 5.69 Å². The van der Waals surface area contributed by atoms with Gasteiger partial charge in [0.25, 0.3) is 0 Å². The highest BCUT2D eigenvalue weighted by atomic mass is 32.1. The maximum atomic E-state index is 5.45. The van der Waals surface area contributed by atoms with Crippen molar-refractivity contribution in [2.45, 2.75) is 12.6 Å². The molecule has 0 aliphatic carbocycles.